The van der Waals surface area contributed by atoms with Gasteiger partial charge in [-0.15, -0.1) is 0 Å². The highest BCUT2D eigenvalue weighted by Crippen LogP contribution is 2.24. The molecular weight excluding hydrogens is 262 g/mol. The molecule has 0 saturated heterocycles. The maximum Gasteiger partial charge on any atom is 0.339 e. The van der Waals surface area contributed by atoms with Crippen molar-refractivity contribution in [3.63, 3.8) is 0 Å². The Bertz CT molecular complexity index is 700. The van der Waals surface area contributed by atoms with Crippen molar-refractivity contribution in [3.8, 4) is 0 Å². The van der Waals surface area contributed by atoms with Crippen LogP contribution in [-0.4, -0.2) is 38.0 Å². The van der Waals surface area contributed by atoms with E-state index < -0.39 is 17.8 Å². The van der Waals surface area contributed by atoms with Gasteiger partial charge in [0.15, 0.2) is 0 Å². The molecule has 0 unspecified atom stereocenters. The monoisotopic (exact) mass is 271 g/mol. The molecule has 20 heavy (non-hydrogen) atoms. The molecule has 0 aliphatic carbocycles. The number of aromatic nitrogens is 2. The average Bonchev–Trinajstić information content (AvgIpc) is 2.99. The van der Waals surface area contributed by atoms with Crippen molar-refractivity contribution in [2.24, 2.45) is 0 Å². The van der Waals surface area contributed by atoms with E-state index in [1.165, 1.54) is 6.20 Å². The first-order valence-corrected chi connectivity index (χ1v) is 5.80. The maximum absolute atomic E-state index is 12.1. The predicted octanol–water partition coefficient (Wildman–Crippen LogP) is 0.904. The van der Waals surface area contributed by atoms with E-state index in [1.54, 1.807) is 24.3 Å². The van der Waals surface area contributed by atoms with Crippen LogP contribution in [0.15, 0.2) is 30.5 Å². The van der Waals surface area contributed by atoms with E-state index in [0.29, 0.717) is 11.1 Å². The first kappa shape index (κ1) is 12.1. The average molecular weight is 271 g/mol. The zero-order valence-corrected chi connectivity index (χ0v) is 10.2. The van der Waals surface area contributed by atoms with Gasteiger partial charge in [-0.3, -0.25) is 19.6 Å². The summed E-state index contributed by atoms with van der Waals surface area (Å²) in [6.07, 6.45) is 1.22. The molecule has 0 radical (unpaired) electrons. The van der Waals surface area contributed by atoms with Crippen LogP contribution in [0.5, 0.6) is 0 Å². The van der Waals surface area contributed by atoms with E-state index in [2.05, 4.69) is 10.2 Å². The highest BCUT2D eigenvalue weighted by molar-refractivity contribution is 6.21. The maximum atomic E-state index is 12.1. The second-order valence-corrected chi connectivity index (χ2v) is 4.29. The van der Waals surface area contributed by atoms with Crippen molar-refractivity contribution in [3.05, 3.63) is 52.8 Å². The van der Waals surface area contributed by atoms with E-state index in [0.717, 1.165) is 4.90 Å². The van der Waals surface area contributed by atoms with Gasteiger partial charge in [0.2, 0.25) is 0 Å². The Morgan fingerprint density at radius 2 is 1.80 bits per heavy atom. The Hall–Kier alpha value is -2.96. The third-order valence-corrected chi connectivity index (χ3v) is 3.14. The molecule has 0 saturated carbocycles. The third kappa shape index (κ3) is 1.68. The molecule has 2 aromatic rings. The fraction of sp³-hybridized carbons (Fsp3) is 0.0769. The first-order chi connectivity index (χ1) is 9.59. The Morgan fingerprint density at radius 3 is 2.35 bits per heavy atom. The lowest BCUT2D eigenvalue weighted by Gasteiger charge is -2.12. The number of carbonyl (C=O) groups is 3. The standard InChI is InChI=1S/C13H9N3O4/c17-11-7-3-1-2-4-8(7)12(18)16(11)6-10-9(13(19)20)5-14-15-10/h1-5H,6H2,(H,14,15)(H,19,20). The summed E-state index contributed by atoms with van der Waals surface area (Å²) in [5.74, 6) is -2.04. The van der Waals surface area contributed by atoms with Gasteiger partial charge in [-0.05, 0) is 12.1 Å². The molecule has 3 rings (SSSR count). The van der Waals surface area contributed by atoms with Gasteiger partial charge >= 0.3 is 5.97 Å². The van der Waals surface area contributed by atoms with Gasteiger partial charge < -0.3 is 5.11 Å². The molecule has 1 aromatic carbocycles. The Balaban J connectivity index is 1.94. The number of aromatic amines is 1. The molecule has 7 heteroatoms. The fourth-order valence-corrected chi connectivity index (χ4v) is 2.16. The molecule has 2 N–H and O–H groups in total. The second kappa shape index (κ2) is 4.30. The lowest BCUT2D eigenvalue weighted by molar-refractivity contribution is 0.0626. The number of carboxylic acid groups (broad SMARTS) is 1. The number of hydrogen-bond acceptors (Lipinski definition) is 4. The predicted molar refractivity (Wildman–Crippen MR) is 66.2 cm³/mol. The van der Waals surface area contributed by atoms with E-state index in [-0.39, 0.29) is 17.8 Å². The quantitative estimate of drug-likeness (QED) is 0.807. The number of benzene rings is 1. The van der Waals surface area contributed by atoms with Crippen molar-refractivity contribution in [2.75, 3.05) is 0 Å². The second-order valence-electron chi connectivity index (χ2n) is 4.29. The topological polar surface area (TPSA) is 103 Å². The zero-order valence-electron chi connectivity index (χ0n) is 10.2. The Kier molecular flexibility index (Phi) is 2.60. The van der Waals surface area contributed by atoms with Crippen LogP contribution in [0.25, 0.3) is 0 Å². The van der Waals surface area contributed by atoms with E-state index >= 15 is 0 Å². The summed E-state index contributed by atoms with van der Waals surface area (Å²) < 4.78 is 0. The number of amides is 2. The highest BCUT2D eigenvalue weighted by atomic mass is 16.4. The Labute approximate surface area is 112 Å². The minimum absolute atomic E-state index is 0.0541. The minimum Gasteiger partial charge on any atom is -0.478 e. The summed E-state index contributed by atoms with van der Waals surface area (Å²) in [5.41, 5.74) is 0.739. The number of hydrogen-bond donors (Lipinski definition) is 2. The number of H-pyrrole nitrogens is 1. The van der Waals surface area contributed by atoms with Crippen LogP contribution in [0.1, 0.15) is 36.8 Å². The van der Waals surface area contributed by atoms with Gasteiger partial charge in [0, 0.05) is 6.20 Å². The number of nitrogens with one attached hydrogen (secondary N) is 1. The third-order valence-electron chi connectivity index (χ3n) is 3.14. The molecule has 0 fully saturated rings. The van der Waals surface area contributed by atoms with Gasteiger partial charge in [-0.2, -0.15) is 5.10 Å². The van der Waals surface area contributed by atoms with E-state index in [4.69, 9.17) is 5.11 Å². The molecular formula is C13H9N3O4. The number of aromatic carboxylic acids is 1. The van der Waals surface area contributed by atoms with Crippen molar-refractivity contribution < 1.29 is 19.5 Å². The summed E-state index contributed by atoms with van der Waals surface area (Å²) in [7, 11) is 0. The minimum atomic E-state index is -1.16. The summed E-state index contributed by atoms with van der Waals surface area (Å²) in [4.78, 5) is 36.3. The van der Waals surface area contributed by atoms with E-state index in [1.807, 2.05) is 0 Å². The van der Waals surface area contributed by atoms with Crippen molar-refractivity contribution in [2.45, 2.75) is 6.54 Å². The lowest BCUT2D eigenvalue weighted by atomic mass is 10.1. The van der Waals surface area contributed by atoms with Crippen LogP contribution in [-0.2, 0) is 6.54 Å². The molecule has 0 bridgehead atoms. The summed E-state index contributed by atoms with van der Waals surface area (Å²) >= 11 is 0. The molecule has 7 nitrogen and oxygen atoms in total. The van der Waals surface area contributed by atoms with Gasteiger partial charge in [0.1, 0.15) is 5.56 Å². The van der Waals surface area contributed by atoms with Gasteiger partial charge in [-0.25, -0.2) is 4.79 Å². The van der Waals surface area contributed by atoms with Gasteiger partial charge in [0.05, 0.1) is 23.4 Å². The van der Waals surface area contributed by atoms with Crippen LogP contribution in [0.4, 0.5) is 0 Å². The van der Waals surface area contributed by atoms with Crippen LogP contribution >= 0.6 is 0 Å². The summed E-state index contributed by atoms with van der Waals surface area (Å²) in [6.45, 7) is -0.169. The van der Waals surface area contributed by atoms with E-state index in [9.17, 15) is 14.4 Å². The first-order valence-electron chi connectivity index (χ1n) is 5.80. The Morgan fingerprint density at radius 1 is 1.20 bits per heavy atom. The number of carbonyl (C=O) groups excluding carboxylic acids is 2. The number of nitrogens with zero attached hydrogens (tertiary/aromatic N) is 2. The molecule has 100 valence electrons. The smallest absolute Gasteiger partial charge is 0.339 e. The fourth-order valence-electron chi connectivity index (χ4n) is 2.16. The van der Waals surface area contributed by atoms with Gasteiger partial charge in [0.25, 0.3) is 11.8 Å². The molecule has 0 atom stereocenters. The van der Waals surface area contributed by atoms with Crippen LogP contribution in [0.2, 0.25) is 0 Å². The van der Waals surface area contributed by atoms with Crippen LogP contribution in [0, 0.1) is 0 Å². The van der Waals surface area contributed by atoms with Crippen LogP contribution in [0.3, 0.4) is 0 Å². The molecule has 2 heterocycles. The largest absolute Gasteiger partial charge is 0.478 e. The van der Waals surface area contributed by atoms with Crippen molar-refractivity contribution >= 4 is 17.8 Å². The number of rotatable bonds is 3. The molecule has 1 aromatic heterocycles. The number of carboxylic acids is 1. The molecule has 2 amide bonds. The zero-order chi connectivity index (χ0) is 14.3. The molecule has 1 aliphatic rings. The molecule has 1 aliphatic heterocycles. The summed E-state index contributed by atoms with van der Waals surface area (Å²) in [5, 5.41) is 15.2. The molecule has 0 spiro atoms. The number of fused-ring (bicyclic) bond motifs is 1. The highest BCUT2D eigenvalue weighted by Gasteiger charge is 2.36. The van der Waals surface area contributed by atoms with Crippen LogP contribution < -0.4 is 0 Å². The summed E-state index contributed by atoms with van der Waals surface area (Å²) in [6, 6.07) is 6.48. The van der Waals surface area contributed by atoms with Gasteiger partial charge in [-0.1, -0.05) is 12.1 Å². The normalized spacial score (nSPS) is 13.7. The SMILES string of the molecule is O=C(O)c1c[nH]nc1CN1C(=O)c2ccccc2C1=O. The number of imide groups is 1. The van der Waals surface area contributed by atoms with Crippen molar-refractivity contribution in [1.82, 2.24) is 15.1 Å². The van der Waals surface area contributed by atoms with Crippen molar-refractivity contribution in [1.29, 1.82) is 0 Å². The lowest BCUT2D eigenvalue weighted by Crippen LogP contribution is -2.30.